The van der Waals surface area contributed by atoms with Crippen LogP contribution in [0.4, 0.5) is 0 Å². The lowest BCUT2D eigenvalue weighted by Gasteiger charge is -2.29. The van der Waals surface area contributed by atoms with E-state index >= 15 is 0 Å². The van der Waals surface area contributed by atoms with Crippen molar-refractivity contribution >= 4 is 11.9 Å². The fraction of sp³-hybridized carbons (Fsp3) is 0.143. The zero-order chi connectivity index (χ0) is 18.8. The topological polar surface area (TPSA) is 74.6 Å². The summed E-state index contributed by atoms with van der Waals surface area (Å²) in [5.74, 6) is 2.72. The molecule has 0 aliphatic heterocycles. The van der Waals surface area contributed by atoms with E-state index in [1.54, 1.807) is 38.1 Å². The Labute approximate surface area is 146 Å². The molecule has 0 spiro atoms. The lowest BCUT2D eigenvalue weighted by Crippen LogP contribution is -2.25. The van der Waals surface area contributed by atoms with Crippen LogP contribution >= 0.6 is 0 Å². The molecule has 2 aromatic rings. The third kappa shape index (κ3) is 3.24. The Bertz CT molecular complexity index is 875. The molecule has 4 heteroatoms. The second-order valence-corrected chi connectivity index (χ2v) is 6.04. The molecule has 0 radical (unpaired) electrons. The van der Waals surface area contributed by atoms with Crippen molar-refractivity contribution in [2.24, 2.45) is 0 Å². The summed E-state index contributed by atoms with van der Waals surface area (Å²) in [4.78, 5) is 23.3. The maximum Gasteiger partial charge on any atom is 0.335 e. The highest BCUT2D eigenvalue weighted by molar-refractivity contribution is 5.92. The normalized spacial score (nSPS) is 10.6. The van der Waals surface area contributed by atoms with Gasteiger partial charge in [0.05, 0.1) is 11.1 Å². The summed E-state index contributed by atoms with van der Waals surface area (Å²) in [6.07, 6.45) is 10.9. The molecule has 0 unspecified atom stereocenters. The van der Waals surface area contributed by atoms with E-state index in [1.165, 1.54) is 12.1 Å². The van der Waals surface area contributed by atoms with Crippen LogP contribution in [-0.2, 0) is 5.41 Å². The van der Waals surface area contributed by atoms with Gasteiger partial charge < -0.3 is 10.2 Å². The molecule has 2 rings (SSSR count). The average molecular weight is 332 g/mol. The average Bonchev–Trinajstić information content (AvgIpc) is 2.60. The van der Waals surface area contributed by atoms with Gasteiger partial charge in [0.15, 0.2) is 0 Å². The van der Waals surface area contributed by atoms with Crippen LogP contribution in [0.3, 0.4) is 0 Å². The van der Waals surface area contributed by atoms with Crippen LogP contribution in [0.2, 0.25) is 0 Å². The van der Waals surface area contributed by atoms with Crippen LogP contribution in [0.1, 0.15) is 56.8 Å². The van der Waals surface area contributed by atoms with Gasteiger partial charge in [-0.1, -0.05) is 25.7 Å². The number of carboxylic acids is 2. The molecule has 0 atom stereocenters. The van der Waals surface area contributed by atoms with Crippen LogP contribution in [-0.4, -0.2) is 22.2 Å². The van der Waals surface area contributed by atoms with Crippen LogP contribution in [0.25, 0.3) is 0 Å². The molecule has 0 aromatic heterocycles. The van der Waals surface area contributed by atoms with Crippen LogP contribution < -0.4 is 0 Å². The first-order valence-electron chi connectivity index (χ1n) is 7.41. The first-order chi connectivity index (χ1) is 11.7. The molecule has 0 saturated carbocycles. The van der Waals surface area contributed by atoms with E-state index in [4.69, 9.17) is 12.8 Å². The van der Waals surface area contributed by atoms with Crippen molar-refractivity contribution in [2.75, 3.05) is 0 Å². The van der Waals surface area contributed by atoms with E-state index < -0.39 is 17.4 Å². The van der Waals surface area contributed by atoms with Gasteiger partial charge in [-0.15, -0.1) is 12.8 Å². The van der Waals surface area contributed by atoms with Crippen molar-refractivity contribution in [2.45, 2.75) is 19.3 Å². The SMILES string of the molecule is C#Cc1ccc(C(=O)O)c(C(C)(C)c2cc(C#C)ccc2C(=O)O)c1. The lowest BCUT2D eigenvalue weighted by molar-refractivity contribution is 0.0686. The first kappa shape index (κ1) is 17.8. The van der Waals surface area contributed by atoms with Crippen molar-refractivity contribution in [1.82, 2.24) is 0 Å². The highest BCUT2D eigenvalue weighted by Gasteiger charge is 2.32. The van der Waals surface area contributed by atoms with Crippen LogP contribution in [0.5, 0.6) is 0 Å². The standard InChI is InChI=1S/C21H16O4/c1-5-13-7-9-15(19(22)23)17(11-13)21(3,4)18-12-14(6-2)8-10-16(18)20(24)25/h1-2,7-12H,3-4H3,(H,22,23)(H,24,25). The molecular weight excluding hydrogens is 316 g/mol. The smallest absolute Gasteiger partial charge is 0.335 e. The molecule has 0 heterocycles. The van der Waals surface area contributed by atoms with Crippen molar-refractivity contribution in [1.29, 1.82) is 0 Å². The van der Waals surface area contributed by atoms with Gasteiger partial charge in [0.25, 0.3) is 0 Å². The minimum absolute atomic E-state index is 0.0615. The Kier molecular flexibility index (Phi) is 4.68. The fourth-order valence-corrected chi connectivity index (χ4v) is 2.82. The van der Waals surface area contributed by atoms with Gasteiger partial charge in [0, 0.05) is 16.5 Å². The minimum atomic E-state index is -1.11. The molecule has 0 amide bonds. The summed E-state index contributed by atoms with van der Waals surface area (Å²) in [5.41, 5.74) is 1.05. The van der Waals surface area contributed by atoms with Crippen LogP contribution in [0.15, 0.2) is 36.4 Å². The minimum Gasteiger partial charge on any atom is -0.478 e. The summed E-state index contributed by atoms with van der Waals surface area (Å²) in [6, 6.07) is 9.13. The van der Waals surface area contributed by atoms with Crippen molar-refractivity contribution in [3.63, 3.8) is 0 Å². The fourth-order valence-electron chi connectivity index (χ4n) is 2.82. The maximum absolute atomic E-state index is 11.6. The Morgan fingerprint density at radius 2 is 1.20 bits per heavy atom. The van der Waals surface area contributed by atoms with E-state index in [9.17, 15) is 19.8 Å². The number of rotatable bonds is 4. The lowest BCUT2D eigenvalue weighted by atomic mass is 9.73. The van der Waals surface area contributed by atoms with E-state index in [0.717, 1.165) is 0 Å². The Hall–Kier alpha value is -3.50. The molecular formula is C21H16O4. The summed E-state index contributed by atoms with van der Waals surface area (Å²) in [7, 11) is 0. The van der Waals surface area contributed by atoms with E-state index in [2.05, 4.69) is 11.8 Å². The number of benzene rings is 2. The second kappa shape index (κ2) is 6.55. The molecule has 0 aliphatic rings. The largest absolute Gasteiger partial charge is 0.478 e. The van der Waals surface area contributed by atoms with Crippen molar-refractivity contribution in [3.8, 4) is 24.7 Å². The molecule has 4 nitrogen and oxygen atoms in total. The summed E-state index contributed by atoms with van der Waals surface area (Å²) in [5, 5.41) is 19.0. The first-order valence-corrected chi connectivity index (χ1v) is 7.41. The van der Waals surface area contributed by atoms with Gasteiger partial charge in [-0.2, -0.15) is 0 Å². The number of hydrogen-bond acceptors (Lipinski definition) is 2. The van der Waals surface area contributed by atoms with E-state index in [1.807, 2.05) is 0 Å². The quantitative estimate of drug-likeness (QED) is 0.842. The van der Waals surface area contributed by atoms with Gasteiger partial charge in [0.2, 0.25) is 0 Å². The summed E-state index contributed by atoms with van der Waals surface area (Å²) >= 11 is 0. The van der Waals surface area contributed by atoms with Gasteiger partial charge in [-0.25, -0.2) is 9.59 Å². The zero-order valence-electron chi connectivity index (χ0n) is 13.8. The monoisotopic (exact) mass is 332 g/mol. The Morgan fingerprint density at radius 1 is 0.840 bits per heavy atom. The third-order valence-electron chi connectivity index (χ3n) is 4.18. The van der Waals surface area contributed by atoms with Crippen molar-refractivity contribution < 1.29 is 19.8 Å². The third-order valence-corrected chi connectivity index (χ3v) is 4.18. The van der Waals surface area contributed by atoms with Gasteiger partial charge in [0.1, 0.15) is 0 Å². The molecule has 0 aliphatic carbocycles. The predicted molar refractivity (Wildman–Crippen MR) is 94.8 cm³/mol. The highest BCUT2D eigenvalue weighted by atomic mass is 16.4. The highest BCUT2D eigenvalue weighted by Crippen LogP contribution is 2.37. The summed E-state index contributed by atoms with van der Waals surface area (Å²) in [6.45, 7) is 3.49. The second-order valence-electron chi connectivity index (χ2n) is 6.04. The molecule has 0 fully saturated rings. The molecule has 0 bridgehead atoms. The molecule has 2 N–H and O–H groups in total. The van der Waals surface area contributed by atoms with Gasteiger partial charge in [-0.05, 0) is 47.5 Å². The number of carbonyl (C=O) groups is 2. The number of hydrogen-bond donors (Lipinski definition) is 2. The maximum atomic E-state index is 11.6. The number of terminal acetylenes is 2. The van der Waals surface area contributed by atoms with E-state index in [0.29, 0.717) is 22.3 Å². The molecule has 25 heavy (non-hydrogen) atoms. The number of aromatic carboxylic acids is 2. The Balaban J connectivity index is 2.84. The number of carboxylic acid groups (broad SMARTS) is 2. The van der Waals surface area contributed by atoms with Gasteiger partial charge in [-0.3, -0.25) is 0 Å². The molecule has 2 aromatic carbocycles. The Morgan fingerprint density at radius 3 is 1.48 bits per heavy atom. The van der Waals surface area contributed by atoms with E-state index in [-0.39, 0.29) is 11.1 Å². The van der Waals surface area contributed by atoms with Crippen molar-refractivity contribution in [3.05, 3.63) is 69.8 Å². The zero-order valence-corrected chi connectivity index (χ0v) is 13.8. The van der Waals surface area contributed by atoms with Crippen LogP contribution in [0, 0.1) is 24.7 Å². The molecule has 0 saturated heterocycles. The van der Waals surface area contributed by atoms with Gasteiger partial charge >= 0.3 is 11.9 Å². The molecule has 124 valence electrons. The predicted octanol–water partition coefficient (Wildman–Crippen LogP) is 3.37. The summed E-state index contributed by atoms with van der Waals surface area (Å²) < 4.78 is 0.